The van der Waals surface area contributed by atoms with Gasteiger partial charge in [-0.2, -0.15) is 0 Å². The molecular weight excluding hydrogens is 376 g/mol. The highest BCUT2D eigenvalue weighted by Gasteiger charge is 2.35. The molecule has 0 spiro atoms. The minimum absolute atomic E-state index is 0.0126. The van der Waals surface area contributed by atoms with Crippen molar-refractivity contribution in [3.05, 3.63) is 59.2 Å². The van der Waals surface area contributed by atoms with E-state index in [0.29, 0.717) is 0 Å². The Morgan fingerprint density at radius 1 is 0.897 bits per heavy atom. The molecule has 0 saturated heterocycles. The lowest BCUT2D eigenvalue weighted by atomic mass is 9.84. The van der Waals surface area contributed by atoms with Crippen molar-refractivity contribution in [2.45, 2.75) is 32.6 Å². The van der Waals surface area contributed by atoms with Gasteiger partial charge in [0.05, 0.1) is 12.7 Å². The van der Waals surface area contributed by atoms with Gasteiger partial charge in [0.25, 0.3) is 0 Å². The second-order valence-corrected chi connectivity index (χ2v) is 6.19. The van der Waals surface area contributed by atoms with E-state index < -0.39 is 35.2 Å². The van der Waals surface area contributed by atoms with Crippen LogP contribution in [0, 0.1) is 0 Å². The van der Waals surface area contributed by atoms with Crippen LogP contribution in [0.1, 0.15) is 58.9 Å². The van der Waals surface area contributed by atoms with E-state index >= 15 is 0 Å². The van der Waals surface area contributed by atoms with E-state index in [4.69, 9.17) is 9.47 Å². The van der Waals surface area contributed by atoms with Crippen LogP contribution in [-0.4, -0.2) is 35.7 Å². The molecule has 0 aliphatic rings. The Labute approximate surface area is 168 Å². The van der Waals surface area contributed by atoms with E-state index in [-0.39, 0.29) is 35.3 Å². The van der Waals surface area contributed by atoms with Crippen LogP contribution in [0.4, 0.5) is 0 Å². The number of Topliss-reactive ketones (excluding diaryl/α,β-unsaturated/α-hetero) is 2. The van der Waals surface area contributed by atoms with Gasteiger partial charge in [0.2, 0.25) is 0 Å². The smallest absolute Gasteiger partial charge is 0.343 e. The summed E-state index contributed by atoms with van der Waals surface area (Å²) in [5, 5.41) is 10.3. The molecule has 29 heavy (non-hydrogen) atoms. The summed E-state index contributed by atoms with van der Waals surface area (Å²) in [6.07, 6.45) is 0.0253. The number of methoxy groups -OCH3 is 1. The number of benzene rings is 2. The van der Waals surface area contributed by atoms with E-state index in [2.05, 4.69) is 0 Å². The monoisotopic (exact) mass is 398 g/mol. The SMILES string of the molecule is CCC(=O)C(C(=O)CC)c1c(OC(=O)c2ccccc2)ccc(O)c1C(=O)OC. The topological polar surface area (TPSA) is 107 Å². The third-order valence-electron chi connectivity index (χ3n) is 4.41. The number of carbonyl (C=O) groups is 4. The fourth-order valence-electron chi connectivity index (χ4n) is 2.92. The Morgan fingerprint density at radius 2 is 1.48 bits per heavy atom. The lowest BCUT2D eigenvalue weighted by Gasteiger charge is -2.21. The fourth-order valence-corrected chi connectivity index (χ4v) is 2.92. The first-order chi connectivity index (χ1) is 13.8. The first kappa shape index (κ1) is 21.8. The third-order valence-corrected chi connectivity index (χ3v) is 4.41. The van der Waals surface area contributed by atoms with E-state index in [1.165, 1.54) is 18.2 Å². The minimum Gasteiger partial charge on any atom is -0.507 e. The van der Waals surface area contributed by atoms with Crippen molar-refractivity contribution >= 4 is 23.5 Å². The molecule has 0 aliphatic heterocycles. The van der Waals surface area contributed by atoms with Crippen LogP contribution in [0.15, 0.2) is 42.5 Å². The molecule has 7 heteroatoms. The van der Waals surface area contributed by atoms with Gasteiger partial charge in [-0.05, 0) is 24.3 Å². The molecule has 0 saturated carbocycles. The van der Waals surface area contributed by atoms with Crippen LogP contribution in [0.25, 0.3) is 0 Å². The molecule has 0 aromatic heterocycles. The van der Waals surface area contributed by atoms with Gasteiger partial charge in [-0.3, -0.25) is 9.59 Å². The number of hydrogen-bond donors (Lipinski definition) is 1. The van der Waals surface area contributed by atoms with E-state index in [0.717, 1.165) is 13.2 Å². The summed E-state index contributed by atoms with van der Waals surface area (Å²) in [6, 6.07) is 10.5. The average Bonchev–Trinajstić information content (AvgIpc) is 2.75. The molecule has 2 rings (SSSR count). The van der Waals surface area contributed by atoms with Crippen molar-refractivity contribution in [1.29, 1.82) is 0 Å². The van der Waals surface area contributed by atoms with Gasteiger partial charge >= 0.3 is 11.9 Å². The van der Waals surface area contributed by atoms with Crippen LogP contribution in [0.3, 0.4) is 0 Å². The normalized spacial score (nSPS) is 10.5. The molecule has 2 aromatic rings. The maximum atomic E-state index is 12.6. The van der Waals surface area contributed by atoms with E-state index in [9.17, 15) is 24.3 Å². The summed E-state index contributed by atoms with van der Waals surface area (Å²) < 4.78 is 10.1. The lowest BCUT2D eigenvalue weighted by Crippen LogP contribution is -2.25. The van der Waals surface area contributed by atoms with Gasteiger partial charge in [0, 0.05) is 18.4 Å². The second kappa shape index (κ2) is 9.64. The number of phenolic OH excluding ortho intramolecular Hbond substituents is 1. The molecule has 0 atom stereocenters. The van der Waals surface area contributed by atoms with Gasteiger partial charge < -0.3 is 14.6 Å². The number of esters is 2. The zero-order valence-corrected chi connectivity index (χ0v) is 16.4. The minimum atomic E-state index is -1.37. The van der Waals surface area contributed by atoms with Gasteiger partial charge in [-0.1, -0.05) is 32.0 Å². The summed E-state index contributed by atoms with van der Waals surface area (Å²) >= 11 is 0. The molecular formula is C22H22O7. The standard InChI is InChI=1S/C22H22O7/c1-4-14(23)18(15(24)5-2)20-17(12-11-16(25)19(20)22(27)28-3)29-21(26)13-9-7-6-8-10-13/h6-12,18,25H,4-5H2,1-3H3. The zero-order valence-electron chi connectivity index (χ0n) is 16.4. The zero-order chi connectivity index (χ0) is 21.6. The van der Waals surface area contributed by atoms with Crippen molar-refractivity contribution in [2.24, 2.45) is 0 Å². The van der Waals surface area contributed by atoms with Crippen molar-refractivity contribution in [2.75, 3.05) is 7.11 Å². The highest BCUT2D eigenvalue weighted by atomic mass is 16.5. The Balaban J connectivity index is 2.70. The number of aromatic hydroxyl groups is 1. The quantitative estimate of drug-likeness (QED) is 0.412. The van der Waals surface area contributed by atoms with E-state index in [1.807, 2.05) is 0 Å². The van der Waals surface area contributed by atoms with Crippen molar-refractivity contribution < 1.29 is 33.8 Å². The largest absolute Gasteiger partial charge is 0.507 e. The summed E-state index contributed by atoms with van der Waals surface area (Å²) in [7, 11) is 1.10. The van der Waals surface area contributed by atoms with Crippen molar-refractivity contribution in [3.63, 3.8) is 0 Å². The summed E-state index contributed by atoms with van der Waals surface area (Å²) in [5.74, 6) is -4.64. The maximum Gasteiger partial charge on any atom is 0.343 e. The lowest BCUT2D eigenvalue weighted by molar-refractivity contribution is -0.129. The number of rotatable bonds is 8. The number of ether oxygens (including phenoxy) is 2. The molecule has 0 aliphatic carbocycles. The second-order valence-electron chi connectivity index (χ2n) is 6.19. The van der Waals surface area contributed by atoms with E-state index in [1.54, 1.807) is 32.0 Å². The van der Waals surface area contributed by atoms with Crippen LogP contribution < -0.4 is 4.74 Å². The van der Waals surface area contributed by atoms with Gasteiger partial charge in [0.1, 0.15) is 34.5 Å². The molecule has 0 heterocycles. The predicted octanol–water partition coefficient (Wildman–Crippen LogP) is 3.44. The molecule has 0 unspecified atom stereocenters. The van der Waals surface area contributed by atoms with Crippen LogP contribution in [0.5, 0.6) is 11.5 Å². The molecule has 0 bridgehead atoms. The predicted molar refractivity (Wildman–Crippen MR) is 104 cm³/mol. The van der Waals surface area contributed by atoms with Crippen molar-refractivity contribution in [1.82, 2.24) is 0 Å². The number of phenols is 1. The van der Waals surface area contributed by atoms with Crippen LogP contribution in [0.2, 0.25) is 0 Å². The molecule has 2 aromatic carbocycles. The van der Waals surface area contributed by atoms with Gasteiger partial charge in [-0.15, -0.1) is 0 Å². The first-order valence-electron chi connectivity index (χ1n) is 9.12. The Morgan fingerprint density at radius 3 is 2.00 bits per heavy atom. The van der Waals surface area contributed by atoms with Gasteiger partial charge in [-0.25, -0.2) is 9.59 Å². The Bertz CT molecular complexity index is 916. The van der Waals surface area contributed by atoms with Crippen molar-refractivity contribution in [3.8, 4) is 11.5 Å². The molecule has 152 valence electrons. The Hall–Kier alpha value is -3.48. The summed E-state index contributed by atoms with van der Waals surface area (Å²) in [4.78, 5) is 50.1. The number of hydrogen-bond acceptors (Lipinski definition) is 7. The summed E-state index contributed by atoms with van der Waals surface area (Å²) in [6.45, 7) is 3.16. The molecule has 0 fully saturated rings. The molecule has 0 amide bonds. The average molecular weight is 398 g/mol. The molecule has 7 nitrogen and oxygen atoms in total. The molecule has 0 radical (unpaired) electrons. The fraction of sp³-hybridized carbons (Fsp3) is 0.273. The summed E-state index contributed by atoms with van der Waals surface area (Å²) in [5.41, 5.74) is -0.300. The Kier molecular flexibility index (Phi) is 7.25. The highest BCUT2D eigenvalue weighted by Crippen LogP contribution is 2.38. The third kappa shape index (κ3) is 4.68. The molecule has 1 N–H and O–H groups in total. The number of ketones is 2. The van der Waals surface area contributed by atoms with Gasteiger partial charge in [0.15, 0.2) is 0 Å². The van der Waals surface area contributed by atoms with Crippen LogP contribution >= 0.6 is 0 Å². The first-order valence-corrected chi connectivity index (χ1v) is 9.12. The maximum absolute atomic E-state index is 12.6. The van der Waals surface area contributed by atoms with Crippen LogP contribution in [-0.2, 0) is 14.3 Å². The highest BCUT2D eigenvalue weighted by molar-refractivity contribution is 6.11. The number of carbonyl (C=O) groups excluding carboxylic acids is 4.